The second-order valence-corrected chi connectivity index (χ2v) is 5.92. The first-order valence-electron chi connectivity index (χ1n) is 6.69. The molecule has 0 bridgehead atoms. The number of aromatic carboxylic acids is 1. The fourth-order valence-electron chi connectivity index (χ4n) is 2.21. The molecule has 22 heavy (non-hydrogen) atoms. The number of carboxylic acid groups (broad SMARTS) is 1. The predicted octanol–water partition coefficient (Wildman–Crippen LogP) is 2.27. The minimum absolute atomic E-state index is 0.0675. The SMILES string of the molecule is CC(C)(C)OC(=O)N1CCn2c(nc(C(F)F)c2C(=O)O)C1. The molecular weight excluding hydrogens is 300 g/mol. The van der Waals surface area contributed by atoms with Crippen LogP contribution in [0.2, 0.25) is 0 Å². The molecule has 2 heterocycles. The van der Waals surface area contributed by atoms with Gasteiger partial charge in [-0.05, 0) is 20.8 Å². The zero-order valence-corrected chi connectivity index (χ0v) is 12.5. The van der Waals surface area contributed by atoms with Gasteiger partial charge in [0.15, 0.2) is 5.69 Å². The average Bonchev–Trinajstić information content (AvgIpc) is 2.74. The third-order valence-electron chi connectivity index (χ3n) is 3.06. The summed E-state index contributed by atoms with van der Waals surface area (Å²) < 4.78 is 32.2. The number of halogens is 2. The number of hydrogen-bond acceptors (Lipinski definition) is 4. The average molecular weight is 317 g/mol. The van der Waals surface area contributed by atoms with Crippen LogP contribution in [0.3, 0.4) is 0 Å². The van der Waals surface area contributed by atoms with E-state index in [9.17, 15) is 18.4 Å². The van der Waals surface area contributed by atoms with Crippen LogP contribution < -0.4 is 0 Å². The molecule has 1 aromatic heterocycles. The molecule has 1 aliphatic heterocycles. The molecule has 0 spiro atoms. The highest BCUT2D eigenvalue weighted by atomic mass is 19.3. The number of amides is 1. The van der Waals surface area contributed by atoms with E-state index in [0.29, 0.717) is 0 Å². The summed E-state index contributed by atoms with van der Waals surface area (Å²) in [5.41, 5.74) is -1.97. The van der Waals surface area contributed by atoms with E-state index in [1.807, 2.05) is 0 Å². The van der Waals surface area contributed by atoms with Crippen molar-refractivity contribution in [2.75, 3.05) is 6.54 Å². The summed E-state index contributed by atoms with van der Waals surface area (Å²) in [7, 11) is 0. The van der Waals surface area contributed by atoms with Gasteiger partial charge in [0.1, 0.15) is 17.1 Å². The Hall–Kier alpha value is -2.19. The number of nitrogens with zero attached hydrogens (tertiary/aromatic N) is 3. The molecule has 0 aliphatic carbocycles. The Morgan fingerprint density at radius 3 is 2.45 bits per heavy atom. The molecule has 7 nitrogen and oxygen atoms in total. The summed E-state index contributed by atoms with van der Waals surface area (Å²) in [5, 5.41) is 9.09. The maximum Gasteiger partial charge on any atom is 0.410 e. The molecule has 0 saturated heterocycles. The van der Waals surface area contributed by atoms with Crippen molar-refractivity contribution < 1.29 is 28.2 Å². The summed E-state index contributed by atoms with van der Waals surface area (Å²) in [4.78, 5) is 28.1. The van der Waals surface area contributed by atoms with E-state index < -0.39 is 35.5 Å². The molecule has 1 N–H and O–H groups in total. The molecule has 0 aromatic carbocycles. The Balaban J connectivity index is 2.26. The third-order valence-corrected chi connectivity index (χ3v) is 3.06. The van der Waals surface area contributed by atoms with Gasteiger partial charge in [0, 0.05) is 13.1 Å². The molecule has 2 rings (SSSR count). The van der Waals surface area contributed by atoms with Crippen LogP contribution in [0.15, 0.2) is 0 Å². The quantitative estimate of drug-likeness (QED) is 0.904. The number of ether oxygens (including phenoxy) is 1. The van der Waals surface area contributed by atoms with E-state index in [1.54, 1.807) is 20.8 Å². The molecular formula is C13H17F2N3O4. The molecule has 0 radical (unpaired) electrons. The lowest BCUT2D eigenvalue weighted by molar-refractivity contribution is 0.0194. The first-order chi connectivity index (χ1) is 10.1. The van der Waals surface area contributed by atoms with E-state index in [1.165, 1.54) is 9.47 Å². The number of fused-ring (bicyclic) bond motifs is 1. The van der Waals surface area contributed by atoms with Crippen molar-refractivity contribution in [2.45, 2.75) is 45.9 Å². The van der Waals surface area contributed by atoms with E-state index in [2.05, 4.69) is 4.98 Å². The van der Waals surface area contributed by atoms with Gasteiger partial charge in [0.25, 0.3) is 6.43 Å². The summed E-state index contributed by atoms with van der Waals surface area (Å²) >= 11 is 0. The van der Waals surface area contributed by atoms with Crippen LogP contribution in [0.1, 0.15) is 49.2 Å². The van der Waals surface area contributed by atoms with E-state index in [-0.39, 0.29) is 25.5 Å². The molecule has 9 heteroatoms. The molecule has 1 amide bonds. The molecule has 0 unspecified atom stereocenters. The second-order valence-electron chi connectivity index (χ2n) is 5.92. The fraction of sp³-hybridized carbons (Fsp3) is 0.615. The zero-order valence-electron chi connectivity index (χ0n) is 12.5. The minimum atomic E-state index is -2.99. The Kier molecular flexibility index (Phi) is 4.08. The number of carbonyl (C=O) groups is 2. The van der Waals surface area contributed by atoms with Gasteiger partial charge in [-0.2, -0.15) is 0 Å². The molecule has 1 aliphatic rings. The number of alkyl halides is 2. The molecule has 0 atom stereocenters. The molecule has 0 saturated carbocycles. The van der Waals surface area contributed by atoms with Crippen molar-refractivity contribution in [3.05, 3.63) is 17.2 Å². The van der Waals surface area contributed by atoms with Crippen molar-refractivity contribution >= 4 is 12.1 Å². The predicted molar refractivity (Wildman–Crippen MR) is 70.8 cm³/mol. The van der Waals surface area contributed by atoms with Crippen molar-refractivity contribution in [1.82, 2.24) is 14.5 Å². The highest BCUT2D eigenvalue weighted by Crippen LogP contribution is 2.26. The Morgan fingerprint density at radius 2 is 1.95 bits per heavy atom. The largest absolute Gasteiger partial charge is 0.477 e. The van der Waals surface area contributed by atoms with Crippen LogP contribution in [0.5, 0.6) is 0 Å². The topological polar surface area (TPSA) is 84.7 Å². The van der Waals surface area contributed by atoms with E-state index in [0.717, 1.165) is 0 Å². The highest BCUT2D eigenvalue weighted by molar-refractivity contribution is 5.87. The van der Waals surface area contributed by atoms with Crippen LogP contribution in [0.4, 0.5) is 13.6 Å². The Bertz CT molecular complexity index is 607. The van der Waals surface area contributed by atoms with Gasteiger partial charge in [0.05, 0.1) is 6.54 Å². The summed E-state index contributed by atoms with van der Waals surface area (Å²) in [6.45, 7) is 5.33. The standard InChI is InChI=1S/C13H17F2N3O4/c1-13(2,3)22-12(21)17-4-5-18-7(6-17)16-8(10(14)15)9(18)11(19)20/h10H,4-6H2,1-3H3,(H,19,20). The number of carbonyl (C=O) groups excluding carboxylic acids is 1. The normalized spacial score (nSPS) is 14.9. The monoisotopic (exact) mass is 317 g/mol. The zero-order chi connectivity index (χ0) is 16.7. The lowest BCUT2D eigenvalue weighted by Crippen LogP contribution is -2.42. The van der Waals surface area contributed by atoms with Gasteiger partial charge < -0.3 is 14.4 Å². The van der Waals surface area contributed by atoms with Crippen LogP contribution in [0, 0.1) is 0 Å². The lowest BCUT2D eigenvalue weighted by atomic mass is 10.2. The van der Waals surface area contributed by atoms with Gasteiger partial charge in [-0.1, -0.05) is 0 Å². The van der Waals surface area contributed by atoms with Gasteiger partial charge in [-0.25, -0.2) is 23.4 Å². The maximum atomic E-state index is 12.9. The van der Waals surface area contributed by atoms with Crippen molar-refractivity contribution in [3.8, 4) is 0 Å². The van der Waals surface area contributed by atoms with E-state index >= 15 is 0 Å². The fourth-order valence-corrected chi connectivity index (χ4v) is 2.21. The first kappa shape index (κ1) is 16.2. The summed E-state index contributed by atoms with van der Waals surface area (Å²) in [6.07, 6.45) is -3.57. The van der Waals surface area contributed by atoms with E-state index in [4.69, 9.17) is 9.84 Å². The molecule has 122 valence electrons. The minimum Gasteiger partial charge on any atom is -0.477 e. The number of imidazole rings is 1. The summed E-state index contributed by atoms with van der Waals surface area (Å²) in [5.74, 6) is -1.34. The van der Waals surface area contributed by atoms with Crippen molar-refractivity contribution in [3.63, 3.8) is 0 Å². The number of carboxylic acids is 1. The second kappa shape index (κ2) is 5.54. The first-order valence-corrected chi connectivity index (χ1v) is 6.69. The summed E-state index contributed by atoms with van der Waals surface area (Å²) in [6, 6.07) is 0. The smallest absolute Gasteiger partial charge is 0.410 e. The number of rotatable bonds is 2. The van der Waals surface area contributed by atoms with Gasteiger partial charge in [-0.15, -0.1) is 0 Å². The van der Waals surface area contributed by atoms with Gasteiger partial charge >= 0.3 is 12.1 Å². The van der Waals surface area contributed by atoms with Crippen LogP contribution >= 0.6 is 0 Å². The third kappa shape index (κ3) is 3.18. The number of aromatic nitrogens is 2. The van der Waals surface area contributed by atoms with Gasteiger partial charge in [-0.3, -0.25) is 4.90 Å². The van der Waals surface area contributed by atoms with Crippen molar-refractivity contribution in [1.29, 1.82) is 0 Å². The van der Waals surface area contributed by atoms with Gasteiger partial charge in [0.2, 0.25) is 0 Å². The Labute approximate surface area is 125 Å². The molecule has 0 fully saturated rings. The van der Waals surface area contributed by atoms with Crippen molar-refractivity contribution in [2.24, 2.45) is 0 Å². The van der Waals surface area contributed by atoms with Crippen LogP contribution in [0.25, 0.3) is 0 Å². The number of hydrogen-bond donors (Lipinski definition) is 1. The maximum absolute atomic E-state index is 12.9. The Morgan fingerprint density at radius 1 is 1.32 bits per heavy atom. The lowest BCUT2D eigenvalue weighted by Gasteiger charge is -2.30. The highest BCUT2D eigenvalue weighted by Gasteiger charge is 2.33. The van der Waals surface area contributed by atoms with Crippen LogP contribution in [-0.4, -0.2) is 43.8 Å². The molecule has 1 aromatic rings. The van der Waals surface area contributed by atoms with Crippen LogP contribution in [-0.2, 0) is 17.8 Å².